The largest absolute Gasteiger partial charge is 0.483 e. The van der Waals surface area contributed by atoms with Gasteiger partial charge in [0.25, 0.3) is 17.9 Å². The Morgan fingerprint density at radius 1 is 1.24 bits per heavy atom. The predicted octanol–water partition coefficient (Wildman–Crippen LogP) is 1.47. The summed E-state index contributed by atoms with van der Waals surface area (Å²) in [6.45, 7) is 2.65. The van der Waals surface area contributed by atoms with E-state index in [4.69, 9.17) is 9.90 Å². The van der Waals surface area contributed by atoms with Gasteiger partial charge in [0.1, 0.15) is 11.4 Å². The Balaban J connectivity index is 0.000000755. The zero-order valence-corrected chi connectivity index (χ0v) is 15.9. The molecule has 0 spiro atoms. The number of hydrogen-bond donors (Lipinski definition) is 2. The highest BCUT2D eigenvalue weighted by Crippen LogP contribution is 2.23. The van der Waals surface area contributed by atoms with Crippen LogP contribution in [0.1, 0.15) is 40.5 Å². The second-order valence-electron chi connectivity index (χ2n) is 6.62. The molecule has 2 aromatic heterocycles. The standard InChI is InChI=1S/C19H19N5O2.CH2O2/c1-13-11-23(19(26)15-8-5-9-20-18(15)25)12-17-22-21-16(24(13)17)10-14-6-3-2-4-7-14;2-1-3/h2-9,13H,10-12H2,1H3,(H,20,25);1H,(H,2,3)/t13-;/m0./s1. The molecule has 1 aliphatic heterocycles. The van der Waals surface area contributed by atoms with Gasteiger partial charge in [0.2, 0.25) is 0 Å². The van der Waals surface area contributed by atoms with Gasteiger partial charge < -0.3 is 19.6 Å². The smallest absolute Gasteiger partial charge is 0.290 e. The van der Waals surface area contributed by atoms with Crippen molar-refractivity contribution in [2.45, 2.75) is 25.9 Å². The van der Waals surface area contributed by atoms with Crippen molar-refractivity contribution in [3.8, 4) is 0 Å². The van der Waals surface area contributed by atoms with E-state index < -0.39 is 0 Å². The van der Waals surface area contributed by atoms with E-state index >= 15 is 0 Å². The van der Waals surface area contributed by atoms with E-state index in [1.54, 1.807) is 17.0 Å². The third-order valence-electron chi connectivity index (χ3n) is 4.64. The Morgan fingerprint density at radius 3 is 2.66 bits per heavy atom. The number of aromatic nitrogens is 4. The summed E-state index contributed by atoms with van der Waals surface area (Å²) >= 11 is 0. The summed E-state index contributed by atoms with van der Waals surface area (Å²) in [4.78, 5) is 37.2. The number of nitrogens with zero attached hydrogens (tertiary/aromatic N) is 4. The van der Waals surface area contributed by atoms with Crippen LogP contribution in [0.3, 0.4) is 0 Å². The minimum Gasteiger partial charge on any atom is -0.483 e. The summed E-state index contributed by atoms with van der Waals surface area (Å²) in [6.07, 6.45) is 2.22. The SMILES string of the molecule is C[C@H]1CN(C(=O)c2ccc[nH]c2=O)Cc2nnc(Cc3ccccc3)n21.O=CO. The maximum atomic E-state index is 12.7. The first-order valence-electron chi connectivity index (χ1n) is 9.06. The number of amides is 1. The minimum absolute atomic E-state index is 0.0409. The highest BCUT2D eigenvalue weighted by atomic mass is 16.3. The molecule has 9 nitrogen and oxygen atoms in total. The fraction of sp³-hybridized carbons (Fsp3) is 0.250. The molecule has 150 valence electrons. The van der Waals surface area contributed by atoms with Crippen LogP contribution in [0, 0.1) is 0 Å². The van der Waals surface area contributed by atoms with Crippen LogP contribution in [0.15, 0.2) is 53.5 Å². The Kier molecular flexibility index (Phi) is 6.18. The second-order valence-corrected chi connectivity index (χ2v) is 6.62. The van der Waals surface area contributed by atoms with E-state index in [-0.39, 0.29) is 29.5 Å². The lowest BCUT2D eigenvalue weighted by Crippen LogP contribution is -2.42. The number of carboxylic acid groups (broad SMARTS) is 1. The lowest BCUT2D eigenvalue weighted by Gasteiger charge is -2.32. The molecule has 3 heterocycles. The van der Waals surface area contributed by atoms with Gasteiger partial charge in [-0.3, -0.25) is 14.4 Å². The van der Waals surface area contributed by atoms with Crippen molar-refractivity contribution in [1.82, 2.24) is 24.6 Å². The number of carbonyl (C=O) groups is 2. The lowest BCUT2D eigenvalue weighted by atomic mass is 10.1. The van der Waals surface area contributed by atoms with Gasteiger partial charge in [-0.15, -0.1) is 10.2 Å². The Labute approximate surface area is 166 Å². The molecule has 0 saturated carbocycles. The van der Waals surface area contributed by atoms with Gasteiger partial charge >= 0.3 is 0 Å². The molecular formula is C20H21N5O4. The van der Waals surface area contributed by atoms with Gasteiger partial charge in [-0.25, -0.2) is 0 Å². The molecule has 2 N–H and O–H groups in total. The van der Waals surface area contributed by atoms with Crippen LogP contribution in [0.25, 0.3) is 0 Å². The van der Waals surface area contributed by atoms with E-state index in [0.717, 1.165) is 11.6 Å². The van der Waals surface area contributed by atoms with Gasteiger partial charge in [0.05, 0.1) is 12.6 Å². The van der Waals surface area contributed by atoms with E-state index in [2.05, 4.69) is 31.9 Å². The quantitative estimate of drug-likeness (QED) is 0.648. The molecule has 0 aliphatic carbocycles. The Bertz CT molecular complexity index is 1040. The molecule has 4 rings (SSSR count). The van der Waals surface area contributed by atoms with E-state index in [1.165, 1.54) is 11.8 Å². The van der Waals surface area contributed by atoms with Crippen LogP contribution < -0.4 is 5.56 Å². The summed E-state index contributed by atoms with van der Waals surface area (Å²) < 4.78 is 2.10. The molecule has 1 amide bonds. The molecule has 1 atom stereocenters. The average Bonchev–Trinajstić information content (AvgIpc) is 3.12. The van der Waals surface area contributed by atoms with Crippen molar-refractivity contribution in [3.05, 3.63) is 81.8 Å². The number of hydrogen-bond acceptors (Lipinski definition) is 5. The van der Waals surface area contributed by atoms with Gasteiger partial charge in [-0.05, 0) is 24.6 Å². The molecule has 0 unspecified atom stereocenters. The molecule has 0 bridgehead atoms. The van der Waals surface area contributed by atoms with Crippen molar-refractivity contribution >= 4 is 12.4 Å². The van der Waals surface area contributed by atoms with E-state index in [1.807, 2.05) is 25.1 Å². The number of carbonyl (C=O) groups excluding carboxylic acids is 1. The van der Waals surface area contributed by atoms with Crippen LogP contribution >= 0.6 is 0 Å². The van der Waals surface area contributed by atoms with Gasteiger partial charge in [-0.1, -0.05) is 30.3 Å². The summed E-state index contributed by atoms with van der Waals surface area (Å²) in [5, 5.41) is 15.5. The number of pyridine rings is 1. The summed E-state index contributed by atoms with van der Waals surface area (Å²) in [6, 6.07) is 13.4. The molecular weight excluding hydrogens is 374 g/mol. The van der Waals surface area contributed by atoms with Crippen molar-refractivity contribution in [2.24, 2.45) is 0 Å². The maximum Gasteiger partial charge on any atom is 0.290 e. The van der Waals surface area contributed by atoms with Crippen molar-refractivity contribution in [1.29, 1.82) is 0 Å². The normalized spacial score (nSPS) is 15.1. The summed E-state index contributed by atoms with van der Waals surface area (Å²) in [5.41, 5.74) is 0.948. The average molecular weight is 395 g/mol. The monoisotopic (exact) mass is 395 g/mol. The number of aromatic amines is 1. The zero-order chi connectivity index (χ0) is 20.8. The number of fused-ring (bicyclic) bond motifs is 1. The zero-order valence-electron chi connectivity index (χ0n) is 15.9. The van der Waals surface area contributed by atoms with Crippen molar-refractivity contribution < 1.29 is 14.7 Å². The number of benzene rings is 1. The molecule has 1 aromatic carbocycles. The number of nitrogens with one attached hydrogen (secondary N) is 1. The lowest BCUT2D eigenvalue weighted by molar-refractivity contribution is -0.122. The third-order valence-corrected chi connectivity index (χ3v) is 4.64. The summed E-state index contributed by atoms with van der Waals surface area (Å²) in [5.74, 6) is 1.36. The molecule has 0 saturated heterocycles. The van der Waals surface area contributed by atoms with Crippen LogP contribution in [0.2, 0.25) is 0 Å². The Morgan fingerprint density at radius 2 is 1.97 bits per heavy atom. The first-order chi connectivity index (χ1) is 14.0. The summed E-state index contributed by atoms with van der Waals surface area (Å²) in [7, 11) is 0. The second kappa shape index (κ2) is 8.96. The van der Waals surface area contributed by atoms with Crippen LogP contribution in [0.4, 0.5) is 0 Å². The van der Waals surface area contributed by atoms with Gasteiger partial charge in [0, 0.05) is 19.2 Å². The first kappa shape index (κ1) is 20.0. The van der Waals surface area contributed by atoms with Crippen molar-refractivity contribution in [3.63, 3.8) is 0 Å². The van der Waals surface area contributed by atoms with Crippen molar-refractivity contribution in [2.75, 3.05) is 6.54 Å². The van der Waals surface area contributed by atoms with E-state index in [0.29, 0.717) is 19.5 Å². The third kappa shape index (κ3) is 4.40. The molecule has 0 radical (unpaired) electrons. The Hall–Kier alpha value is -3.75. The topological polar surface area (TPSA) is 121 Å². The number of rotatable bonds is 3. The fourth-order valence-electron chi connectivity index (χ4n) is 3.43. The molecule has 3 aromatic rings. The van der Waals surface area contributed by atoms with Crippen LogP contribution in [0.5, 0.6) is 0 Å². The first-order valence-corrected chi connectivity index (χ1v) is 9.06. The van der Waals surface area contributed by atoms with Gasteiger partial charge in [-0.2, -0.15) is 0 Å². The van der Waals surface area contributed by atoms with Gasteiger partial charge in [0.15, 0.2) is 5.82 Å². The molecule has 1 aliphatic rings. The molecule has 0 fully saturated rings. The van der Waals surface area contributed by atoms with E-state index in [9.17, 15) is 9.59 Å². The van der Waals surface area contributed by atoms with Crippen LogP contribution in [-0.4, -0.2) is 48.7 Å². The minimum atomic E-state index is -0.373. The molecule has 29 heavy (non-hydrogen) atoms. The predicted molar refractivity (Wildman–Crippen MR) is 104 cm³/mol. The number of H-pyrrole nitrogens is 1. The highest BCUT2D eigenvalue weighted by molar-refractivity contribution is 5.93. The highest BCUT2D eigenvalue weighted by Gasteiger charge is 2.30. The maximum absolute atomic E-state index is 12.7. The molecule has 9 heteroatoms. The van der Waals surface area contributed by atoms with Crippen LogP contribution in [-0.2, 0) is 17.8 Å². The fourth-order valence-corrected chi connectivity index (χ4v) is 3.43.